The van der Waals surface area contributed by atoms with Crippen molar-refractivity contribution in [3.05, 3.63) is 84.2 Å². The molecule has 0 bridgehead atoms. The topological polar surface area (TPSA) is 86.6 Å². The molecule has 0 spiro atoms. The van der Waals surface area contributed by atoms with Gasteiger partial charge in [-0.1, -0.05) is 50.5 Å². The Morgan fingerprint density at radius 3 is 2.58 bits per heavy atom. The fourth-order valence-electron chi connectivity index (χ4n) is 1.99. The molecule has 0 atom stereocenters. The van der Waals surface area contributed by atoms with Gasteiger partial charge in [0.25, 0.3) is 0 Å². The SMILES string of the molecule is C=C/C(=C\C=CC)C(=C)/C=C(\C(=N)CC)C(=N)c1cccc(N)n1. The lowest BCUT2D eigenvalue weighted by Gasteiger charge is -2.11. The molecular weight excluding hydrogens is 296 g/mol. The van der Waals surface area contributed by atoms with Crippen LogP contribution in [0.25, 0.3) is 0 Å². The van der Waals surface area contributed by atoms with E-state index in [9.17, 15) is 0 Å². The first-order chi connectivity index (χ1) is 11.4. The second kappa shape index (κ2) is 9.20. The van der Waals surface area contributed by atoms with E-state index in [-0.39, 0.29) is 5.71 Å². The molecule has 0 saturated heterocycles. The maximum atomic E-state index is 8.42. The molecule has 124 valence electrons. The van der Waals surface area contributed by atoms with Crippen molar-refractivity contribution < 1.29 is 0 Å². The monoisotopic (exact) mass is 320 g/mol. The third-order valence-electron chi connectivity index (χ3n) is 3.35. The van der Waals surface area contributed by atoms with Gasteiger partial charge in [0.15, 0.2) is 0 Å². The number of rotatable bonds is 8. The van der Waals surface area contributed by atoms with Gasteiger partial charge in [-0.05, 0) is 42.7 Å². The second-order valence-corrected chi connectivity index (χ2v) is 5.09. The van der Waals surface area contributed by atoms with Crippen LogP contribution < -0.4 is 5.73 Å². The summed E-state index contributed by atoms with van der Waals surface area (Å²) in [6, 6.07) is 5.12. The zero-order chi connectivity index (χ0) is 18.1. The van der Waals surface area contributed by atoms with Crippen LogP contribution in [0.1, 0.15) is 26.0 Å². The molecule has 0 saturated carbocycles. The summed E-state index contributed by atoms with van der Waals surface area (Å²) in [4.78, 5) is 4.17. The molecule has 1 heterocycles. The standard InChI is InChI=1S/C20H24N4/c1-5-8-10-15(6-2)14(4)13-16(17(21)7-3)20(23)18-11-9-12-19(22)24-18/h5-6,8-13,21,23H,2,4,7H2,1,3H3,(H2,22,24)/b8-5?,15-10+,16-13+,21-17?,23-20?. The zero-order valence-corrected chi connectivity index (χ0v) is 14.3. The highest BCUT2D eigenvalue weighted by molar-refractivity contribution is 6.27. The minimum Gasteiger partial charge on any atom is -0.384 e. The number of hydrogen-bond acceptors (Lipinski definition) is 4. The summed E-state index contributed by atoms with van der Waals surface area (Å²) in [5.74, 6) is 0.346. The lowest BCUT2D eigenvalue weighted by atomic mass is 9.95. The van der Waals surface area contributed by atoms with Crippen LogP contribution in [0.5, 0.6) is 0 Å². The number of pyridine rings is 1. The van der Waals surface area contributed by atoms with Crippen LogP contribution in [-0.2, 0) is 0 Å². The number of nitrogens with one attached hydrogen (secondary N) is 2. The predicted octanol–water partition coefficient (Wildman–Crippen LogP) is 4.63. The smallest absolute Gasteiger partial charge is 0.124 e. The summed E-state index contributed by atoms with van der Waals surface area (Å²) in [5.41, 5.74) is 8.64. The highest BCUT2D eigenvalue weighted by Crippen LogP contribution is 2.18. The van der Waals surface area contributed by atoms with Gasteiger partial charge in [-0.25, -0.2) is 4.98 Å². The van der Waals surface area contributed by atoms with E-state index in [4.69, 9.17) is 16.6 Å². The van der Waals surface area contributed by atoms with Crippen LogP contribution in [0.3, 0.4) is 0 Å². The fourth-order valence-corrected chi connectivity index (χ4v) is 1.99. The van der Waals surface area contributed by atoms with E-state index in [0.717, 1.165) is 5.57 Å². The molecule has 0 aliphatic carbocycles. The molecule has 4 N–H and O–H groups in total. The van der Waals surface area contributed by atoms with Crippen LogP contribution >= 0.6 is 0 Å². The highest BCUT2D eigenvalue weighted by Gasteiger charge is 2.14. The van der Waals surface area contributed by atoms with Gasteiger partial charge < -0.3 is 11.1 Å². The normalized spacial score (nSPS) is 12.2. The summed E-state index contributed by atoms with van der Waals surface area (Å²) < 4.78 is 0. The Balaban J connectivity index is 3.31. The Labute approximate surface area is 143 Å². The Morgan fingerprint density at radius 1 is 1.33 bits per heavy atom. The van der Waals surface area contributed by atoms with Crippen LogP contribution in [0, 0.1) is 10.8 Å². The van der Waals surface area contributed by atoms with E-state index in [0.29, 0.717) is 34.8 Å². The molecule has 1 aromatic rings. The van der Waals surface area contributed by atoms with Gasteiger partial charge in [0.05, 0.1) is 11.4 Å². The molecule has 0 unspecified atom stereocenters. The lowest BCUT2D eigenvalue weighted by Crippen LogP contribution is -2.14. The maximum absolute atomic E-state index is 8.42. The van der Waals surface area contributed by atoms with Gasteiger partial charge in [-0.3, -0.25) is 5.41 Å². The van der Waals surface area contributed by atoms with E-state index >= 15 is 0 Å². The van der Waals surface area contributed by atoms with E-state index in [1.165, 1.54) is 0 Å². The predicted molar refractivity (Wildman–Crippen MR) is 104 cm³/mol. The number of anilines is 1. The molecule has 4 heteroatoms. The molecule has 4 nitrogen and oxygen atoms in total. The molecule has 0 radical (unpaired) electrons. The number of nitrogens with zero attached hydrogens (tertiary/aromatic N) is 1. The van der Waals surface area contributed by atoms with Crippen molar-refractivity contribution in [2.45, 2.75) is 20.3 Å². The Kier molecular flexibility index (Phi) is 7.30. The van der Waals surface area contributed by atoms with Crippen LogP contribution in [0.2, 0.25) is 0 Å². The van der Waals surface area contributed by atoms with Gasteiger partial charge in [-0.2, -0.15) is 0 Å². The summed E-state index contributed by atoms with van der Waals surface area (Å²) in [6.07, 6.45) is 9.64. The van der Waals surface area contributed by atoms with Crippen LogP contribution in [0.15, 0.2) is 78.5 Å². The second-order valence-electron chi connectivity index (χ2n) is 5.09. The van der Waals surface area contributed by atoms with E-state index in [2.05, 4.69) is 18.1 Å². The third-order valence-corrected chi connectivity index (χ3v) is 3.35. The van der Waals surface area contributed by atoms with Gasteiger partial charge in [0.1, 0.15) is 5.82 Å². The molecule has 1 rings (SSSR count). The number of allylic oxidation sites excluding steroid dienone is 8. The summed E-state index contributed by atoms with van der Waals surface area (Å²) >= 11 is 0. The Morgan fingerprint density at radius 2 is 2.04 bits per heavy atom. The molecule has 0 aromatic carbocycles. The number of nitrogens with two attached hydrogens (primary N) is 1. The lowest BCUT2D eigenvalue weighted by molar-refractivity contribution is 1.23. The average Bonchev–Trinajstić information content (AvgIpc) is 2.59. The quantitative estimate of drug-likeness (QED) is 0.481. The molecule has 0 aliphatic rings. The molecule has 24 heavy (non-hydrogen) atoms. The van der Waals surface area contributed by atoms with Crippen molar-refractivity contribution in [3.8, 4) is 0 Å². The Hall–Kier alpha value is -3.01. The van der Waals surface area contributed by atoms with Gasteiger partial charge in [0.2, 0.25) is 0 Å². The van der Waals surface area contributed by atoms with Gasteiger partial charge >= 0.3 is 0 Å². The molecule has 0 amide bonds. The van der Waals surface area contributed by atoms with Gasteiger partial charge in [-0.15, -0.1) is 0 Å². The third kappa shape index (κ3) is 5.02. The first-order valence-electron chi connectivity index (χ1n) is 7.70. The molecular formula is C20H24N4. The molecule has 0 aliphatic heterocycles. The number of aromatic nitrogens is 1. The average molecular weight is 320 g/mol. The highest BCUT2D eigenvalue weighted by atomic mass is 14.8. The Bertz CT molecular complexity index is 749. The van der Waals surface area contributed by atoms with Crippen molar-refractivity contribution in [2.24, 2.45) is 0 Å². The summed E-state index contributed by atoms with van der Waals surface area (Å²) in [6.45, 7) is 11.6. The molecule has 1 aromatic heterocycles. The minimum absolute atomic E-state index is 0.157. The van der Waals surface area contributed by atoms with Crippen LogP contribution in [0.4, 0.5) is 5.82 Å². The van der Waals surface area contributed by atoms with Crippen LogP contribution in [-0.4, -0.2) is 16.4 Å². The van der Waals surface area contributed by atoms with Crippen molar-refractivity contribution in [1.29, 1.82) is 10.8 Å². The molecule has 0 fully saturated rings. The van der Waals surface area contributed by atoms with Crippen molar-refractivity contribution in [3.63, 3.8) is 0 Å². The van der Waals surface area contributed by atoms with Crippen molar-refractivity contribution in [2.75, 3.05) is 5.73 Å². The van der Waals surface area contributed by atoms with E-state index < -0.39 is 0 Å². The van der Waals surface area contributed by atoms with E-state index in [1.54, 1.807) is 30.4 Å². The van der Waals surface area contributed by atoms with E-state index in [1.807, 2.05) is 32.1 Å². The minimum atomic E-state index is 0.157. The summed E-state index contributed by atoms with van der Waals surface area (Å²) in [5, 5.41) is 16.6. The first kappa shape index (κ1) is 19.0. The number of hydrogen-bond donors (Lipinski definition) is 3. The summed E-state index contributed by atoms with van der Waals surface area (Å²) in [7, 11) is 0. The van der Waals surface area contributed by atoms with Crippen molar-refractivity contribution in [1.82, 2.24) is 4.98 Å². The van der Waals surface area contributed by atoms with Crippen molar-refractivity contribution >= 4 is 17.2 Å². The number of nitrogen functional groups attached to an aromatic ring is 1. The maximum Gasteiger partial charge on any atom is 0.124 e. The van der Waals surface area contributed by atoms with Gasteiger partial charge in [0, 0.05) is 11.3 Å². The largest absolute Gasteiger partial charge is 0.384 e. The fraction of sp³-hybridized carbons (Fsp3) is 0.150. The zero-order valence-electron chi connectivity index (χ0n) is 14.3. The first-order valence-corrected chi connectivity index (χ1v) is 7.70.